The van der Waals surface area contributed by atoms with Gasteiger partial charge in [0.05, 0.1) is 11.5 Å². The SMILES string of the molecule is CC(C)(C)C(=O)OC1CC(O)CC1N1CCc2ccccc2C1. The second kappa shape index (κ2) is 6.25. The Kier molecular flexibility index (Phi) is 4.47. The summed E-state index contributed by atoms with van der Waals surface area (Å²) in [5.41, 5.74) is 2.25. The average Bonchev–Trinajstić information content (AvgIpc) is 2.86. The molecule has 1 aliphatic heterocycles. The maximum absolute atomic E-state index is 12.2. The monoisotopic (exact) mass is 317 g/mol. The normalized spacial score (nSPS) is 28.4. The van der Waals surface area contributed by atoms with Crippen molar-refractivity contribution in [3.8, 4) is 0 Å². The molecule has 4 heteroatoms. The van der Waals surface area contributed by atoms with Crippen LogP contribution in [0.4, 0.5) is 0 Å². The van der Waals surface area contributed by atoms with Gasteiger partial charge in [0, 0.05) is 25.6 Å². The molecule has 1 fully saturated rings. The zero-order valence-electron chi connectivity index (χ0n) is 14.3. The second-order valence-corrected chi connectivity index (χ2v) is 7.88. The quantitative estimate of drug-likeness (QED) is 0.852. The first-order valence-electron chi connectivity index (χ1n) is 8.54. The van der Waals surface area contributed by atoms with E-state index in [1.807, 2.05) is 20.8 Å². The Labute approximate surface area is 138 Å². The molecule has 0 radical (unpaired) electrons. The average molecular weight is 317 g/mol. The number of nitrogens with zero attached hydrogens (tertiary/aromatic N) is 1. The molecule has 4 nitrogen and oxygen atoms in total. The predicted molar refractivity (Wildman–Crippen MR) is 88.9 cm³/mol. The molecule has 0 aromatic heterocycles. The molecular formula is C19H27NO3. The molecule has 0 spiro atoms. The van der Waals surface area contributed by atoms with Crippen LogP contribution in [0.15, 0.2) is 24.3 Å². The number of carbonyl (C=O) groups excluding carboxylic acids is 1. The predicted octanol–water partition coefficient (Wildman–Crippen LogP) is 2.53. The molecule has 1 aromatic rings. The van der Waals surface area contributed by atoms with Crippen molar-refractivity contribution in [2.24, 2.45) is 5.41 Å². The van der Waals surface area contributed by atoms with Crippen molar-refractivity contribution in [1.29, 1.82) is 0 Å². The number of hydrogen-bond donors (Lipinski definition) is 1. The first kappa shape index (κ1) is 16.5. The zero-order valence-corrected chi connectivity index (χ0v) is 14.3. The lowest BCUT2D eigenvalue weighted by atomic mass is 9.96. The molecule has 2 aliphatic rings. The van der Waals surface area contributed by atoms with E-state index in [9.17, 15) is 9.90 Å². The highest BCUT2D eigenvalue weighted by Crippen LogP contribution is 2.32. The molecule has 3 unspecified atom stereocenters. The van der Waals surface area contributed by atoms with Gasteiger partial charge in [-0.25, -0.2) is 0 Å². The van der Waals surface area contributed by atoms with Crippen LogP contribution >= 0.6 is 0 Å². The summed E-state index contributed by atoms with van der Waals surface area (Å²) in [5.74, 6) is -0.181. The molecular weight excluding hydrogens is 290 g/mol. The summed E-state index contributed by atoms with van der Waals surface area (Å²) in [6.45, 7) is 7.43. The van der Waals surface area contributed by atoms with Gasteiger partial charge >= 0.3 is 5.97 Å². The third-order valence-electron chi connectivity index (χ3n) is 4.95. The number of aliphatic hydroxyl groups excluding tert-OH is 1. The molecule has 1 N–H and O–H groups in total. The second-order valence-electron chi connectivity index (χ2n) is 7.88. The lowest BCUT2D eigenvalue weighted by Gasteiger charge is -2.36. The van der Waals surface area contributed by atoms with E-state index in [-0.39, 0.29) is 24.2 Å². The van der Waals surface area contributed by atoms with E-state index in [4.69, 9.17) is 4.74 Å². The summed E-state index contributed by atoms with van der Waals surface area (Å²) >= 11 is 0. The van der Waals surface area contributed by atoms with Gasteiger partial charge < -0.3 is 9.84 Å². The van der Waals surface area contributed by atoms with Gasteiger partial charge in [0.15, 0.2) is 0 Å². The lowest BCUT2D eigenvalue weighted by molar-refractivity contribution is -0.161. The van der Waals surface area contributed by atoms with Crippen LogP contribution in [0.3, 0.4) is 0 Å². The van der Waals surface area contributed by atoms with Crippen LogP contribution in [0.2, 0.25) is 0 Å². The minimum absolute atomic E-state index is 0.115. The van der Waals surface area contributed by atoms with E-state index < -0.39 is 5.41 Å². The fourth-order valence-electron chi connectivity index (χ4n) is 3.58. The van der Waals surface area contributed by atoms with E-state index in [0.717, 1.165) is 19.5 Å². The first-order valence-corrected chi connectivity index (χ1v) is 8.54. The standard InChI is InChI=1S/C19H27NO3/c1-19(2,3)18(22)23-17-11-15(21)10-16(17)20-9-8-13-6-4-5-7-14(13)12-20/h4-7,15-17,21H,8-12H2,1-3H3. The number of rotatable bonds is 2. The molecule has 0 saturated heterocycles. The van der Waals surface area contributed by atoms with Gasteiger partial charge in [-0.1, -0.05) is 24.3 Å². The first-order chi connectivity index (χ1) is 10.8. The van der Waals surface area contributed by atoms with E-state index in [1.165, 1.54) is 11.1 Å². The van der Waals surface area contributed by atoms with Crippen LogP contribution in [0.1, 0.15) is 44.7 Å². The van der Waals surface area contributed by atoms with Gasteiger partial charge in [0.1, 0.15) is 6.10 Å². The maximum Gasteiger partial charge on any atom is 0.311 e. The molecule has 1 saturated carbocycles. The topological polar surface area (TPSA) is 49.8 Å². The zero-order chi connectivity index (χ0) is 16.6. The van der Waals surface area contributed by atoms with E-state index in [0.29, 0.717) is 12.8 Å². The third-order valence-corrected chi connectivity index (χ3v) is 4.95. The van der Waals surface area contributed by atoms with Crippen molar-refractivity contribution in [3.63, 3.8) is 0 Å². The number of aliphatic hydroxyl groups is 1. The van der Waals surface area contributed by atoms with Gasteiger partial charge in [-0.05, 0) is 44.7 Å². The Bertz CT molecular complexity index is 578. The van der Waals surface area contributed by atoms with Gasteiger partial charge in [-0.3, -0.25) is 9.69 Å². The summed E-state index contributed by atoms with van der Waals surface area (Å²) in [5, 5.41) is 10.1. The number of hydrogen-bond acceptors (Lipinski definition) is 4. The van der Waals surface area contributed by atoms with Gasteiger partial charge in [-0.15, -0.1) is 0 Å². The number of carbonyl (C=O) groups is 1. The summed E-state index contributed by atoms with van der Waals surface area (Å²) < 4.78 is 5.76. The minimum atomic E-state index is -0.507. The summed E-state index contributed by atoms with van der Waals surface area (Å²) in [6, 6.07) is 8.63. The third kappa shape index (κ3) is 3.59. The minimum Gasteiger partial charge on any atom is -0.460 e. The Morgan fingerprint density at radius 2 is 1.91 bits per heavy atom. The number of esters is 1. The van der Waals surface area contributed by atoms with Crippen LogP contribution in [-0.2, 0) is 22.5 Å². The lowest BCUT2D eigenvalue weighted by Crippen LogP contribution is -2.45. The largest absolute Gasteiger partial charge is 0.460 e. The van der Waals surface area contributed by atoms with Crippen LogP contribution in [0, 0.1) is 5.41 Å². The van der Waals surface area contributed by atoms with Crippen molar-refractivity contribution < 1.29 is 14.6 Å². The van der Waals surface area contributed by atoms with Crippen molar-refractivity contribution in [3.05, 3.63) is 35.4 Å². The molecule has 23 heavy (non-hydrogen) atoms. The fourth-order valence-corrected chi connectivity index (χ4v) is 3.58. The molecule has 1 aromatic carbocycles. The molecule has 0 amide bonds. The van der Waals surface area contributed by atoms with Crippen LogP contribution in [0.25, 0.3) is 0 Å². The Morgan fingerprint density at radius 1 is 1.22 bits per heavy atom. The van der Waals surface area contributed by atoms with Gasteiger partial charge in [0.2, 0.25) is 0 Å². The maximum atomic E-state index is 12.2. The van der Waals surface area contributed by atoms with Crippen LogP contribution < -0.4 is 0 Å². The molecule has 1 heterocycles. The highest BCUT2D eigenvalue weighted by atomic mass is 16.5. The number of ether oxygens (including phenoxy) is 1. The number of benzene rings is 1. The summed E-state index contributed by atoms with van der Waals surface area (Å²) in [6.07, 6.45) is 1.66. The van der Waals surface area contributed by atoms with Gasteiger partial charge in [-0.2, -0.15) is 0 Å². The molecule has 3 atom stereocenters. The molecule has 126 valence electrons. The fraction of sp³-hybridized carbons (Fsp3) is 0.632. The number of fused-ring (bicyclic) bond motifs is 1. The molecule has 3 rings (SSSR count). The highest BCUT2D eigenvalue weighted by molar-refractivity contribution is 5.75. The Morgan fingerprint density at radius 3 is 2.61 bits per heavy atom. The highest BCUT2D eigenvalue weighted by Gasteiger charge is 2.41. The van der Waals surface area contributed by atoms with Crippen molar-refractivity contribution in [2.75, 3.05) is 6.54 Å². The molecule has 1 aliphatic carbocycles. The van der Waals surface area contributed by atoms with Gasteiger partial charge in [0.25, 0.3) is 0 Å². The summed E-state index contributed by atoms with van der Waals surface area (Å²) in [7, 11) is 0. The van der Waals surface area contributed by atoms with Crippen molar-refractivity contribution in [1.82, 2.24) is 4.90 Å². The van der Waals surface area contributed by atoms with Crippen LogP contribution in [0.5, 0.6) is 0 Å². The molecule has 0 bridgehead atoms. The smallest absolute Gasteiger partial charge is 0.311 e. The van der Waals surface area contributed by atoms with E-state index >= 15 is 0 Å². The Hall–Kier alpha value is -1.39. The Balaban J connectivity index is 1.72. The van der Waals surface area contributed by atoms with Crippen LogP contribution in [-0.4, -0.2) is 40.8 Å². The van der Waals surface area contributed by atoms with Crippen molar-refractivity contribution >= 4 is 5.97 Å². The van der Waals surface area contributed by atoms with E-state index in [1.54, 1.807) is 0 Å². The van der Waals surface area contributed by atoms with E-state index in [2.05, 4.69) is 29.2 Å². The van der Waals surface area contributed by atoms with Crippen molar-refractivity contribution in [2.45, 2.75) is 64.8 Å². The summed E-state index contributed by atoms with van der Waals surface area (Å²) in [4.78, 5) is 14.6.